The Morgan fingerprint density at radius 2 is 1.49 bits per heavy atom. The van der Waals surface area contributed by atoms with Crippen LogP contribution in [0, 0.1) is 0 Å². The number of halogens is 2. The zero-order valence-electron chi connectivity index (χ0n) is 19.3. The van der Waals surface area contributed by atoms with E-state index in [2.05, 4.69) is 15.5 Å². The molecule has 184 valence electrons. The number of benzene rings is 4. The number of amides is 1. The highest BCUT2D eigenvalue weighted by atomic mass is 35.5. The lowest BCUT2D eigenvalue weighted by molar-refractivity contribution is -0.113. The third kappa shape index (κ3) is 6.14. The van der Waals surface area contributed by atoms with Gasteiger partial charge in [-0.05, 0) is 72.8 Å². The Bertz CT molecular complexity index is 1510. The van der Waals surface area contributed by atoms with Crippen LogP contribution in [0.15, 0.2) is 108 Å². The van der Waals surface area contributed by atoms with E-state index in [9.17, 15) is 4.79 Å². The average molecular weight is 547 g/mol. The van der Waals surface area contributed by atoms with Crippen molar-refractivity contribution < 1.29 is 9.53 Å². The minimum atomic E-state index is -0.174. The number of carbonyl (C=O) groups is 1. The summed E-state index contributed by atoms with van der Waals surface area (Å²) >= 11 is 13.8. The molecule has 37 heavy (non-hydrogen) atoms. The van der Waals surface area contributed by atoms with Gasteiger partial charge in [-0.3, -0.25) is 9.36 Å². The molecule has 1 heterocycles. The maximum Gasteiger partial charge on any atom is 0.234 e. The quantitative estimate of drug-likeness (QED) is 0.201. The van der Waals surface area contributed by atoms with Gasteiger partial charge >= 0.3 is 0 Å². The molecular weight excluding hydrogens is 527 g/mol. The second-order valence-corrected chi connectivity index (χ2v) is 9.66. The van der Waals surface area contributed by atoms with E-state index in [1.54, 1.807) is 30.3 Å². The number of rotatable bonds is 8. The maximum atomic E-state index is 12.7. The van der Waals surface area contributed by atoms with Crippen molar-refractivity contribution in [3.05, 3.63) is 113 Å². The number of thioether (sulfide) groups is 1. The first kappa shape index (κ1) is 24.9. The van der Waals surface area contributed by atoms with Gasteiger partial charge < -0.3 is 10.1 Å². The molecule has 0 saturated carbocycles. The molecule has 0 bridgehead atoms. The fourth-order valence-electron chi connectivity index (χ4n) is 3.56. The van der Waals surface area contributed by atoms with Crippen molar-refractivity contribution in [2.75, 3.05) is 11.1 Å². The van der Waals surface area contributed by atoms with E-state index >= 15 is 0 Å². The molecule has 5 rings (SSSR count). The van der Waals surface area contributed by atoms with Crippen molar-refractivity contribution in [3.8, 4) is 28.6 Å². The highest BCUT2D eigenvalue weighted by molar-refractivity contribution is 7.99. The average Bonchev–Trinajstić information content (AvgIpc) is 3.33. The summed E-state index contributed by atoms with van der Waals surface area (Å²) in [5.41, 5.74) is 2.21. The van der Waals surface area contributed by atoms with E-state index in [0.29, 0.717) is 32.5 Å². The zero-order chi connectivity index (χ0) is 25.6. The van der Waals surface area contributed by atoms with Crippen LogP contribution in [0.3, 0.4) is 0 Å². The molecule has 0 radical (unpaired) electrons. The summed E-state index contributed by atoms with van der Waals surface area (Å²) in [7, 11) is 0. The summed E-state index contributed by atoms with van der Waals surface area (Å²) in [6, 6.07) is 31.5. The fourth-order valence-corrected chi connectivity index (χ4v) is 4.66. The molecule has 0 aliphatic heterocycles. The lowest BCUT2D eigenvalue weighted by atomic mass is 10.2. The number of hydrogen-bond acceptors (Lipinski definition) is 5. The van der Waals surface area contributed by atoms with E-state index in [0.717, 1.165) is 17.0 Å². The lowest BCUT2D eigenvalue weighted by Crippen LogP contribution is -2.14. The monoisotopic (exact) mass is 546 g/mol. The number of aromatic nitrogens is 3. The van der Waals surface area contributed by atoms with E-state index in [1.165, 1.54) is 11.8 Å². The van der Waals surface area contributed by atoms with Crippen LogP contribution in [0.2, 0.25) is 10.0 Å². The predicted octanol–water partition coefficient (Wildman–Crippen LogP) is 7.76. The van der Waals surface area contributed by atoms with Crippen LogP contribution in [0.25, 0.3) is 17.1 Å². The van der Waals surface area contributed by atoms with Crippen molar-refractivity contribution in [3.63, 3.8) is 0 Å². The van der Waals surface area contributed by atoms with Gasteiger partial charge in [0.05, 0.1) is 10.8 Å². The number of hydrogen-bond donors (Lipinski definition) is 1. The molecule has 0 aliphatic rings. The Morgan fingerprint density at radius 1 is 0.811 bits per heavy atom. The van der Waals surface area contributed by atoms with Crippen molar-refractivity contribution in [1.82, 2.24) is 14.8 Å². The molecule has 1 aromatic heterocycles. The Labute approximate surface area is 228 Å². The molecule has 4 aromatic carbocycles. The first-order chi connectivity index (χ1) is 18.1. The third-order valence-corrected chi connectivity index (χ3v) is 6.79. The number of nitrogens with zero attached hydrogens (tertiary/aromatic N) is 3. The minimum absolute atomic E-state index is 0.135. The second-order valence-electron chi connectivity index (χ2n) is 7.87. The molecule has 9 heteroatoms. The van der Waals surface area contributed by atoms with Crippen molar-refractivity contribution in [2.45, 2.75) is 5.16 Å². The van der Waals surface area contributed by atoms with Crippen LogP contribution < -0.4 is 10.1 Å². The molecule has 0 saturated heterocycles. The van der Waals surface area contributed by atoms with Crippen LogP contribution in [-0.2, 0) is 4.79 Å². The molecule has 0 spiro atoms. The van der Waals surface area contributed by atoms with Crippen molar-refractivity contribution >= 4 is 46.6 Å². The summed E-state index contributed by atoms with van der Waals surface area (Å²) in [6.45, 7) is 0. The molecule has 1 N–H and O–H groups in total. The van der Waals surface area contributed by atoms with Crippen LogP contribution in [0.4, 0.5) is 5.69 Å². The largest absolute Gasteiger partial charge is 0.457 e. The first-order valence-electron chi connectivity index (χ1n) is 11.3. The topological polar surface area (TPSA) is 69.0 Å². The SMILES string of the molecule is O=C(CSc1nnc(-c2ccccc2Cl)n1-c1ccc(Cl)cc1)Nc1ccc(Oc2ccccc2)cc1. The fraction of sp³-hybridized carbons (Fsp3) is 0.0357. The van der Waals surface area contributed by atoms with Crippen LogP contribution >= 0.6 is 35.0 Å². The predicted molar refractivity (Wildman–Crippen MR) is 149 cm³/mol. The van der Waals surface area contributed by atoms with Crippen LogP contribution in [-0.4, -0.2) is 26.4 Å². The standard InChI is InChI=1S/C28H20Cl2N4O2S/c29-19-10-14-21(15-11-19)34-27(24-8-4-5-9-25(24)30)32-33-28(34)37-18-26(35)31-20-12-16-23(17-13-20)36-22-6-2-1-3-7-22/h1-17H,18H2,(H,31,35). The minimum Gasteiger partial charge on any atom is -0.457 e. The highest BCUT2D eigenvalue weighted by Crippen LogP contribution is 2.32. The molecule has 0 fully saturated rings. The summed E-state index contributed by atoms with van der Waals surface area (Å²) in [4.78, 5) is 12.7. The Kier molecular flexibility index (Phi) is 7.75. The molecular formula is C28H20Cl2N4O2S. The molecule has 5 aromatic rings. The van der Waals surface area contributed by atoms with Gasteiger partial charge in [0.25, 0.3) is 0 Å². The maximum absolute atomic E-state index is 12.7. The van der Waals surface area contributed by atoms with Gasteiger partial charge in [0.2, 0.25) is 5.91 Å². The number of ether oxygens (including phenoxy) is 1. The van der Waals surface area contributed by atoms with Gasteiger partial charge in [0, 0.05) is 22.0 Å². The third-order valence-electron chi connectivity index (χ3n) is 5.28. The molecule has 6 nitrogen and oxygen atoms in total. The molecule has 1 amide bonds. The number of nitrogens with one attached hydrogen (secondary N) is 1. The number of anilines is 1. The van der Waals surface area contributed by atoms with Gasteiger partial charge in [-0.1, -0.05) is 65.3 Å². The van der Waals surface area contributed by atoms with Gasteiger partial charge in [-0.25, -0.2) is 0 Å². The number of carbonyl (C=O) groups excluding carboxylic acids is 1. The summed E-state index contributed by atoms with van der Waals surface area (Å²) in [6.07, 6.45) is 0. The summed E-state index contributed by atoms with van der Waals surface area (Å²) in [5.74, 6) is 1.96. The van der Waals surface area contributed by atoms with Crippen molar-refractivity contribution in [1.29, 1.82) is 0 Å². The van der Waals surface area contributed by atoms with Crippen LogP contribution in [0.1, 0.15) is 0 Å². The highest BCUT2D eigenvalue weighted by Gasteiger charge is 2.19. The van der Waals surface area contributed by atoms with E-state index < -0.39 is 0 Å². The zero-order valence-corrected chi connectivity index (χ0v) is 21.7. The van der Waals surface area contributed by atoms with Gasteiger partial charge in [-0.15, -0.1) is 10.2 Å². The summed E-state index contributed by atoms with van der Waals surface area (Å²) in [5, 5.41) is 13.4. The first-order valence-corrected chi connectivity index (χ1v) is 13.0. The van der Waals surface area contributed by atoms with Crippen LogP contribution in [0.5, 0.6) is 11.5 Å². The van der Waals surface area contributed by atoms with Gasteiger partial charge in [0.15, 0.2) is 11.0 Å². The lowest BCUT2D eigenvalue weighted by Gasteiger charge is -2.11. The Morgan fingerprint density at radius 3 is 2.22 bits per heavy atom. The molecule has 0 aliphatic carbocycles. The van der Waals surface area contributed by atoms with Crippen molar-refractivity contribution in [2.24, 2.45) is 0 Å². The smallest absolute Gasteiger partial charge is 0.234 e. The second kappa shape index (κ2) is 11.5. The van der Waals surface area contributed by atoms with Gasteiger partial charge in [-0.2, -0.15) is 0 Å². The molecule has 0 unspecified atom stereocenters. The van der Waals surface area contributed by atoms with E-state index in [-0.39, 0.29) is 11.7 Å². The number of para-hydroxylation sites is 1. The van der Waals surface area contributed by atoms with E-state index in [4.69, 9.17) is 27.9 Å². The normalized spacial score (nSPS) is 10.8. The Hall–Kier alpha value is -3.78. The van der Waals surface area contributed by atoms with E-state index in [1.807, 2.05) is 77.4 Å². The van der Waals surface area contributed by atoms with Gasteiger partial charge in [0.1, 0.15) is 11.5 Å². The Balaban J connectivity index is 1.30. The molecule has 0 atom stereocenters. The summed E-state index contributed by atoms with van der Waals surface area (Å²) < 4.78 is 7.67.